The second kappa shape index (κ2) is 5.75. The molecular weight excluding hydrogens is 232 g/mol. The predicted molar refractivity (Wildman–Crippen MR) is 52.8 cm³/mol. The number of carboxylic acids is 1. The van der Waals surface area contributed by atoms with Gasteiger partial charge in [-0.2, -0.15) is 5.21 Å². The summed E-state index contributed by atoms with van der Waals surface area (Å²) >= 11 is 0. The number of aromatic amines is 1. The van der Waals surface area contributed by atoms with Crippen molar-refractivity contribution in [3.63, 3.8) is 0 Å². The molecular formula is C7H12N6O4. The van der Waals surface area contributed by atoms with Crippen molar-refractivity contribution in [3.8, 4) is 0 Å². The second-order valence-corrected chi connectivity index (χ2v) is 3.20. The molecule has 0 aliphatic heterocycles. The first-order chi connectivity index (χ1) is 8.00. The van der Waals surface area contributed by atoms with Crippen LogP contribution < -0.4 is 10.6 Å². The molecule has 0 radical (unpaired) electrons. The number of aliphatic carboxylic acids is 1. The van der Waals surface area contributed by atoms with Gasteiger partial charge in [0.15, 0.2) is 11.9 Å². The number of H-pyrrole nitrogens is 1. The van der Waals surface area contributed by atoms with Gasteiger partial charge in [0.2, 0.25) is 0 Å². The fraction of sp³-hybridized carbons (Fsp3) is 0.571. The number of carbonyl (C=O) groups is 2. The molecule has 17 heavy (non-hydrogen) atoms. The van der Waals surface area contributed by atoms with E-state index in [1.54, 1.807) is 6.92 Å². The van der Waals surface area contributed by atoms with E-state index in [9.17, 15) is 9.59 Å². The number of hydrogen-bond donors (Lipinski definition) is 5. The van der Waals surface area contributed by atoms with E-state index in [0.717, 1.165) is 0 Å². The largest absolute Gasteiger partial charge is 0.479 e. The summed E-state index contributed by atoms with van der Waals surface area (Å²) in [7, 11) is 0. The van der Waals surface area contributed by atoms with Crippen LogP contribution in [0.15, 0.2) is 0 Å². The molecule has 1 unspecified atom stereocenters. The maximum absolute atomic E-state index is 11.3. The van der Waals surface area contributed by atoms with Crippen LogP contribution in [0.4, 0.5) is 4.79 Å². The number of amides is 2. The Morgan fingerprint density at radius 1 is 1.53 bits per heavy atom. The molecule has 0 saturated carbocycles. The van der Waals surface area contributed by atoms with Gasteiger partial charge < -0.3 is 20.8 Å². The highest BCUT2D eigenvalue weighted by Crippen LogP contribution is 2.01. The van der Waals surface area contributed by atoms with E-state index in [0.29, 0.717) is 5.82 Å². The SMILES string of the molecule is CC(NC(=O)NC[C@H](O)C(=O)O)c1nn[nH]n1. The van der Waals surface area contributed by atoms with Gasteiger partial charge in [0, 0.05) is 0 Å². The molecule has 2 amide bonds. The molecule has 0 aromatic carbocycles. The number of nitrogens with one attached hydrogen (secondary N) is 3. The highest BCUT2D eigenvalue weighted by Gasteiger charge is 2.16. The molecule has 1 aromatic rings. The van der Waals surface area contributed by atoms with Gasteiger partial charge in [-0.1, -0.05) is 5.21 Å². The van der Waals surface area contributed by atoms with E-state index >= 15 is 0 Å². The van der Waals surface area contributed by atoms with Crippen molar-refractivity contribution in [2.75, 3.05) is 6.54 Å². The molecule has 0 fully saturated rings. The molecule has 0 bridgehead atoms. The van der Waals surface area contributed by atoms with Crippen LogP contribution in [-0.4, -0.2) is 55.5 Å². The number of rotatable bonds is 5. The van der Waals surface area contributed by atoms with E-state index in [1.165, 1.54) is 0 Å². The van der Waals surface area contributed by atoms with Crippen LogP contribution in [0.5, 0.6) is 0 Å². The van der Waals surface area contributed by atoms with Gasteiger partial charge in [-0.15, -0.1) is 10.2 Å². The Bertz CT molecular complexity index is 380. The third-order valence-corrected chi connectivity index (χ3v) is 1.84. The molecule has 10 heteroatoms. The van der Waals surface area contributed by atoms with E-state index in [2.05, 4.69) is 31.3 Å². The molecule has 94 valence electrons. The molecule has 1 heterocycles. The van der Waals surface area contributed by atoms with Crippen molar-refractivity contribution < 1.29 is 19.8 Å². The zero-order valence-electron chi connectivity index (χ0n) is 8.91. The summed E-state index contributed by atoms with van der Waals surface area (Å²) in [5, 5.41) is 34.8. The van der Waals surface area contributed by atoms with E-state index in [1.807, 2.05) is 0 Å². The molecule has 0 aliphatic carbocycles. The number of hydrogen-bond acceptors (Lipinski definition) is 6. The number of urea groups is 1. The zero-order valence-corrected chi connectivity index (χ0v) is 8.91. The van der Waals surface area contributed by atoms with E-state index < -0.39 is 24.1 Å². The van der Waals surface area contributed by atoms with Gasteiger partial charge in [0.25, 0.3) is 0 Å². The number of aliphatic hydroxyl groups is 1. The summed E-state index contributed by atoms with van der Waals surface area (Å²) in [6.45, 7) is 1.23. The van der Waals surface area contributed by atoms with Crippen LogP contribution in [0.1, 0.15) is 18.8 Å². The third kappa shape index (κ3) is 4.03. The Kier molecular flexibility index (Phi) is 4.34. The fourth-order valence-electron chi connectivity index (χ4n) is 0.942. The van der Waals surface area contributed by atoms with Crippen molar-refractivity contribution in [2.24, 2.45) is 0 Å². The highest BCUT2D eigenvalue weighted by molar-refractivity contribution is 5.76. The van der Waals surface area contributed by atoms with Crippen LogP contribution in [0.3, 0.4) is 0 Å². The molecule has 0 aliphatic rings. The van der Waals surface area contributed by atoms with E-state index in [4.69, 9.17) is 10.2 Å². The zero-order chi connectivity index (χ0) is 12.8. The lowest BCUT2D eigenvalue weighted by Gasteiger charge is -2.12. The van der Waals surface area contributed by atoms with Crippen molar-refractivity contribution >= 4 is 12.0 Å². The normalized spacial score (nSPS) is 13.8. The fourth-order valence-corrected chi connectivity index (χ4v) is 0.942. The Balaban J connectivity index is 2.32. The molecule has 0 spiro atoms. The quantitative estimate of drug-likeness (QED) is 0.401. The average Bonchev–Trinajstić information content (AvgIpc) is 2.78. The third-order valence-electron chi connectivity index (χ3n) is 1.84. The molecule has 0 saturated heterocycles. The number of aliphatic hydroxyl groups excluding tert-OH is 1. The molecule has 1 aromatic heterocycles. The number of nitrogens with zero attached hydrogens (tertiary/aromatic N) is 3. The van der Waals surface area contributed by atoms with Crippen LogP contribution in [0.25, 0.3) is 0 Å². The van der Waals surface area contributed by atoms with Gasteiger partial charge in [0.1, 0.15) is 0 Å². The predicted octanol–water partition coefficient (Wildman–Crippen LogP) is -1.99. The maximum Gasteiger partial charge on any atom is 0.334 e. The minimum absolute atomic E-state index is 0.291. The maximum atomic E-state index is 11.3. The lowest BCUT2D eigenvalue weighted by molar-refractivity contribution is -0.146. The van der Waals surface area contributed by atoms with E-state index in [-0.39, 0.29) is 6.54 Å². The van der Waals surface area contributed by atoms with Gasteiger partial charge >= 0.3 is 12.0 Å². The minimum Gasteiger partial charge on any atom is -0.479 e. The highest BCUT2D eigenvalue weighted by atomic mass is 16.4. The average molecular weight is 244 g/mol. The van der Waals surface area contributed by atoms with Gasteiger partial charge in [-0.25, -0.2) is 9.59 Å². The Hall–Kier alpha value is -2.23. The van der Waals surface area contributed by atoms with Gasteiger partial charge in [-0.05, 0) is 6.92 Å². The summed E-state index contributed by atoms with van der Waals surface area (Å²) in [6, 6.07) is -1.13. The van der Waals surface area contributed by atoms with Gasteiger partial charge in [0.05, 0.1) is 12.6 Å². The van der Waals surface area contributed by atoms with Crippen molar-refractivity contribution in [1.29, 1.82) is 0 Å². The van der Waals surface area contributed by atoms with Gasteiger partial charge in [-0.3, -0.25) is 0 Å². The van der Waals surface area contributed by atoms with Crippen LogP contribution in [0, 0.1) is 0 Å². The smallest absolute Gasteiger partial charge is 0.334 e. The summed E-state index contributed by atoms with van der Waals surface area (Å²) in [5.74, 6) is -1.12. The van der Waals surface area contributed by atoms with Crippen molar-refractivity contribution in [3.05, 3.63) is 5.82 Å². The summed E-state index contributed by atoms with van der Waals surface area (Å²) in [6.07, 6.45) is -1.64. The molecule has 10 nitrogen and oxygen atoms in total. The van der Waals surface area contributed by atoms with Crippen LogP contribution in [0.2, 0.25) is 0 Å². The first-order valence-corrected chi connectivity index (χ1v) is 4.69. The standard InChI is InChI=1S/C7H12N6O4/c1-3(5-10-12-13-11-5)9-7(17)8-2-4(14)6(15)16/h3-4,14H,2H2,1H3,(H,15,16)(H2,8,9,17)(H,10,11,12,13)/t3?,4-/m0/s1. The molecule has 1 rings (SSSR count). The first-order valence-electron chi connectivity index (χ1n) is 4.69. The van der Waals surface area contributed by atoms with Crippen LogP contribution in [-0.2, 0) is 4.79 Å². The monoisotopic (exact) mass is 244 g/mol. The van der Waals surface area contributed by atoms with Crippen molar-refractivity contribution in [1.82, 2.24) is 31.3 Å². The number of carbonyl (C=O) groups excluding carboxylic acids is 1. The Morgan fingerprint density at radius 3 is 2.76 bits per heavy atom. The van der Waals surface area contributed by atoms with Crippen LogP contribution >= 0.6 is 0 Å². The lowest BCUT2D eigenvalue weighted by atomic mass is 10.3. The molecule has 2 atom stereocenters. The number of carboxylic acid groups (broad SMARTS) is 1. The molecule has 5 N–H and O–H groups in total. The lowest BCUT2D eigenvalue weighted by Crippen LogP contribution is -2.42. The summed E-state index contributed by atoms with van der Waals surface area (Å²) in [5.41, 5.74) is 0. The summed E-state index contributed by atoms with van der Waals surface area (Å²) in [4.78, 5) is 21.5. The summed E-state index contributed by atoms with van der Waals surface area (Å²) < 4.78 is 0. The topological polar surface area (TPSA) is 153 Å². The number of tetrazole rings is 1. The second-order valence-electron chi connectivity index (χ2n) is 3.20. The number of aromatic nitrogens is 4. The van der Waals surface area contributed by atoms with Crippen molar-refractivity contribution in [2.45, 2.75) is 19.1 Å². The Labute approximate surface area is 95.4 Å². The first kappa shape index (κ1) is 12.8. The Morgan fingerprint density at radius 2 is 2.24 bits per heavy atom. The minimum atomic E-state index is -1.64.